The molecular weight excluding hydrogens is 202 g/mol. The minimum atomic E-state index is -0.0909. The molecule has 0 aliphatic carbocycles. The summed E-state index contributed by atoms with van der Waals surface area (Å²) in [7, 11) is -0.0909. The van der Waals surface area contributed by atoms with Gasteiger partial charge in [0.25, 0.3) is 0 Å². The van der Waals surface area contributed by atoms with E-state index in [1.807, 2.05) is 0 Å². The van der Waals surface area contributed by atoms with Crippen molar-refractivity contribution < 1.29 is 0 Å². The van der Waals surface area contributed by atoms with Crippen LogP contribution in [0.3, 0.4) is 0 Å². The van der Waals surface area contributed by atoms with Crippen LogP contribution in [0.15, 0.2) is 0 Å². The molecule has 0 amide bonds. The number of nitrogens with one attached hydrogen (secondary N) is 1. The maximum Gasteiger partial charge on any atom is 0.00991 e. The van der Waals surface area contributed by atoms with Gasteiger partial charge in [-0.2, -0.15) is 0 Å². The molecule has 2 rings (SSSR count). The Balaban J connectivity index is 1.81. The second kappa shape index (κ2) is 4.29. The summed E-state index contributed by atoms with van der Waals surface area (Å²) in [4.78, 5) is 0. The van der Waals surface area contributed by atoms with Crippen molar-refractivity contribution in [3.05, 3.63) is 0 Å². The summed E-state index contributed by atoms with van der Waals surface area (Å²) in [5.41, 5.74) is 0.306. The van der Waals surface area contributed by atoms with Gasteiger partial charge in [0.1, 0.15) is 0 Å². The standard InChI is InChI=1S/C13H27NS/c1-13(2,3)14-12-6-10-15(11-7-12)8-4-5-9-15/h12,14H,4-11H2,1-3H3. The lowest BCUT2D eigenvalue weighted by Gasteiger charge is -2.44. The zero-order chi connectivity index (χ0) is 10.9. The Morgan fingerprint density at radius 3 is 1.93 bits per heavy atom. The molecule has 2 saturated heterocycles. The third-order valence-electron chi connectivity index (χ3n) is 3.84. The molecule has 0 aromatic rings. The van der Waals surface area contributed by atoms with Gasteiger partial charge in [0.15, 0.2) is 0 Å². The van der Waals surface area contributed by atoms with Gasteiger partial charge < -0.3 is 5.32 Å². The van der Waals surface area contributed by atoms with Crippen molar-refractivity contribution in [2.24, 2.45) is 0 Å². The van der Waals surface area contributed by atoms with Gasteiger partial charge in [0.05, 0.1) is 0 Å². The highest BCUT2D eigenvalue weighted by molar-refractivity contribution is 8.33. The van der Waals surface area contributed by atoms with Crippen molar-refractivity contribution in [3.8, 4) is 0 Å². The smallest absolute Gasteiger partial charge is 0.00991 e. The van der Waals surface area contributed by atoms with Gasteiger partial charge in [0.2, 0.25) is 0 Å². The van der Waals surface area contributed by atoms with Gasteiger partial charge >= 0.3 is 0 Å². The quantitative estimate of drug-likeness (QED) is 0.728. The normalized spacial score (nSPS) is 29.5. The lowest BCUT2D eigenvalue weighted by atomic mass is 10.0. The molecule has 2 aliphatic heterocycles. The van der Waals surface area contributed by atoms with Gasteiger partial charge in [-0.15, -0.1) is 0 Å². The molecule has 15 heavy (non-hydrogen) atoms. The van der Waals surface area contributed by atoms with E-state index in [1.54, 1.807) is 23.0 Å². The highest BCUT2D eigenvalue weighted by atomic mass is 32.3. The lowest BCUT2D eigenvalue weighted by molar-refractivity contribution is 0.343. The molecule has 90 valence electrons. The topological polar surface area (TPSA) is 12.0 Å². The van der Waals surface area contributed by atoms with Gasteiger partial charge in [-0.25, -0.2) is 10.0 Å². The van der Waals surface area contributed by atoms with E-state index < -0.39 is 0 Å². The fourth-order valence-electron chi connectivity index (χ4n) is 3.11. The molecule has 2 heteroatoms. The minimum Gasteiger partial charge on any atom is -0.309 e. The SMILES string of the molecule is CC(C)(C)NC1CCS2(CCCC2)CC1. The van der Waals surface area contributed by atoms with Crippen LogP contribution in [0.25, 0.3) is 0 Å². The van der Waals surface area contributed by atoms with Crippen LogP contribution in [0, 0.1) is 0 Å². The maximum atomic E-state index is 3.78. The Morgan fingerprint density at radius 1 is 0.933 bits per heavy atom. The largest absolute Gasteiger partial charge is 0.309 e. The summed E-state index contributed by atoms with van der Waals surface area (Å²) in [6.07, 6.45) is 5.97. The second-order valence-electron chi connectivity index (χ2n) is 6.42. The number of rotatable bonds is 1. The Labute approximate surface area is 96.7 Å². The molecule has 0 aromatic heterocycles. The van der Waals surface area contributed by atoms with Crippen molar-refractivity contribution in [1.82, 2.24) is 5.32 Å². The third kappa shape index (κ3) is 3.13. The fraction of sp³-hybridized carbons (Fsp3) is 1.00. The molecule has 0 unspecified atom stereocenters. The predicted molar refractivity (Wildman–Crippen MR) is 72.2 cm³/mol. The van der Waals surface area contributed by atoms with E-state index in [4.69, 9.17) is 0 Å². The highest BCUT2D eigenvalue weighted by Crippen LogP contribution is 2.57. The first-order chi connectivity index (χ1) is 6.99. The van der Waals surface area contributed by atoms with E-state index >= 15 is 0 Å². The summed E-state index contributed by atoms with van der Waals surface area (Å²) in [6.45, 7) is 6.87. The summed E-state index contributed by atoms with van der Waals surface area (Å²) in [5.74, 6) is 6.35. The van der Waals surface area contributed by atoms with Crippen LogP contribution >= 0.6 is 10.0 Å². The van der Waals surface area contributed by atoms with Crippen LogP contribution in [0.2, 0.25) is 0 Å². The first-order valence-corrected chi connectivity index (χ1v) is 8.82. The van der Waals surface area contributed by atoms with Crippen molar-refractivity contribution in [2.75, 3.05) is 23.0 Å². The molecule has 2 aliphatic rings. The Morgan fingerprint density at radius 2 is 1.47 bits per heavy atom. The molecule has 0 radical (unpaired) electrons. The molecule has 1 nitrogen and oxygen atoms in total. The van der Waals surface area contributed by atoms with E-state index in [0.29, 0.717) is 5.54 Å². The summed E-state index contributed by atoms with van der Waals surface area (Å²) in [5, 5.41) is 3.78. The average molecular weight is 229 g/mol. The average Bonchev–Trinajstić information content (AvgIpc) is 2.56. The van der Waals surface area contributed by atoms with Crippen LogP contribution in [-0.4, -0.2) is 34.6 Å². The van der Waals surface area contributed by atoms with E-state index in [0.717, 1.165) is 6.04 Å². The van der Waals surface area contributed by atoms with Crippen molar-refractivity contribution in [1.29, 1.82) is 0 Å². The molecule has 2 fully saturated rings. The Bertz CT molecular complexity index is 203. The van der Waals surface area contributed by atoms with Crippen LogP contribution in [0.5, 0.6) is 0 Å². The summed E-state index contributed by atoms with van der Waals surface area (Å²) in [6, 6.07) is 0.809. The van der Waals surface area contributed by atoms with Gasteiger partial charge in [0, 0.05) is 11.6 Å². The van der Waals surface area contributed by atoms with Crippen molar-refractivity contribution in [3.63, 3.8) is 0 Å². The predicted octanol–water partition coefficient (Wildman–Crippen LogP) is 3.14. The van der Waals surface area contributed by atoms with Crippen molar-refractivity contribution >= 4 is 10.0 Å². The lowest BCUT2D eigenvalue weighted by Crippen LogP contribution is -2.46. The number of hydrogen-bond donors (Lipinski definition) is 1. The number of hydrogen-bond acceptors (Lipinski definition) is 1. The van der Waals surface area contributed by atoms with Crippen LogP contribution in [-0.2, 0) is 0 Å². The Kier molecular flexibility index (Phi) is 3.37. The molecule has 1 spiro atoms. The zero-order valence-electron chi connectivity index (χ0n) is 10.6. The van der Waals surface area contributed by atoms with Gasteiger partial charge in [-0.05, 0) is 69.5 Å². The van der Waals surface area contributed by atoms with E-state index in [9.17, 15) is 0 Å². The monoisotopic (exact) mass is 229 g/mol. The first kappa shape index (κ1) is 11.8. The van der Waals surface area contributed by atoms with Crippen LogP contribution in [0.1, 0.15) is 46.5 Å². The summed E-state index contributed by atoms with van der Waals surface area (Å²) < 4.78 is 0. The minimum absolute atomic E-state index is 0.0909. The molecule has 0 aromatic carbocycles. The van der Waals surface area contributed by atoms with E-state index in [1.165, 1.54) is 25.7 Å². The van der Waals surface area contributed by atoms with E-state index in [2.05, 4.69) is 26.1 Å². The van der Waals surface area contributed by atoms with E-state index in [-0.39, 0.29) is 10.0 Å². The first-order valence-electron chi connectivity index (χ1n) is 6.51. The Hall–Kier alpha value is 0.310. The highest BCUT2D eigenvalue weighted by Gasteiger charge is 2.33. The molecule has 2 heterocycles. The van der Waals surface area contributed by atoms with Crippen molar-refractivity contribution in [2.45, 2.75) is 58.0 Å². The molecule has 0 saturated carbocycles. The van der Waals surface area contributed by atoms with Gasteiger partial charge in [-0.1, -0.05) is 0 Å². The van der Waals surface area contributed by atoms with Crippen LogP contribution < -0.4 is 5.32 Å². The van der Waals surface area contributed by atoms with Gasteiger partial charge in [-0.3, -0.25) is 0 Å². The molecular formula is C13H27NS. The molecule has 0 atom stereocenters. The molecule has 0 bridgehead atoms. The second-order valence-corrected chi connectivity index (χ2v) is 10.5. The third-order valence-corrected chi connectivity index (χ3v) is 8.35. The maximum absolute atomic E-state index is 3.78. The summed E-state index contributed by atoms with van der Waals surface area (Å²) >= 11 is 0. The fourth-order valence-corrected chi connectivity index (χ4v) is 7.54. The molecule has 1 N–H and O–H groups in total. The van der Waals surface area contributed by atoms with Crippen LogP contribution in [0.4, 0.5) is 0 Å². The zero-order valence-corrected chi connectivity index (χ0v) is 11.5.